The van der Waals surface area contributed by atoms with Crippen molar-refractivity contribution < 1.29 is 22.7 Å². The Morgan fingerprint density at radius 2 is 1.77 bits per heavy atom. The molecule has 2 aromatic carbocycles. The van der Waals surface area contributed by atoms with E-state index in [9.17, 15) is 13.2 Å². The van der Waals surface area contributed by atoms with Gasteiger partial charge in [0.1, 0.15) is 0 Å². The van der Waals surface area contributed by atoms with Crippen LogP contribution in [0.15, 0.2) is 51.7 Å². The molecule has 2 N–H and O–H groups in total. The van der Waals surface area contributed by atoms with Crippen LogP contribution in [0.25, 0.3) is 0 Å². The Morgan fingerprint density at radius 1 is 1.03 bits per heavy atom. The SMILES string of the molecule is Cc1cccc(Nc2nnc(SCC(=O)Nc3cc(S(=O)(=O)N4CCOCC4)ccc3N3CCOCC3)s2)c1. The third-order valence-electron chi connectivity index (χ3n) is 6.20. The lowest BCUT2D eigenvalue weighted by atomic mass is 10.2. The molecule has 0 aliphatic carbocycles. The molecule has 0 atom stereocenters. The molecule has 1 amide bonds. The first-order valence-corrected chi connectivity index (χ1v) is 15.8. The number of hydrogen-bond acceptors (Lipinski definition) is 11. The second kappa shape index (κ2) is 12.6. The number of aryl methyl sites for hydroxylation is 1. The number of sulfonamides is 1. The lowest BCUT2D eigenvalue weighted by Crippen LogP contribution is -2.40. The first-order chi connectivity index (χ1) is 18.9. The highest BCUT2D eigenvalue weighted by Crippen LogP contribution is 2.32. The molecule has 2 aliphatic rings. The average Bonchev–Trinajstić information content (AvgIpc) is 3.40. The van der Waals surface area contributed by atoms with Crippen LogP contribution in [0.2, 0.25) is 0 Å². The summed E-state index contributed by atoms with van der Waals surface area (Å²) in [5, 5.41) is 15.1. The molecule has 14 heteroatoms. The van der Waals surface area contributed by atoms with Gasteiger partial charge in [-0.2, -0.15) is 4.31 Å². The summed E-state index contributed by atoms with van der Waals surface area (Å²) >= 11 is 2.64. The number of anilines is 4. The molecule has 3 heterocycles. The molecule has 2 fully saturated rings. The van der Waals surface area contributed by atoms with Crippen LogP contribution in [0.3, 0.4) is 0 Å². The van der Waals surface area contributed by atoms with E-state index in [4.69, 9.17) is 9.47 Å². The van der Waals surface area contributed by atoms with Gasteiger partial charge >= 0.3 is 0 Å². The van der Waals surface area contributed by atoms with Gasteiger partial charge < -0.3 is 25.0 Å². The maximum Gasteiger partial charge on any atom is 0.243 e. The summed E-state index contributed by atoms with van der Waals surface area (Å²) in [5.74, 6) is -0.166. The molecule has 5 rings (SSSR count). The van der Waals surface area contributed by atoms with Crippen LogP contribution in [-0.2, 0) is 24.3 Å². The summed E-state index contributed by atoms with van der Waals surface area (Å²) in [6.45, 7) is 5.76. The molecule has 0 unspecified atom stereocenters. The smallest absolute Gasteiger partial charge is 0.243 e. The van der Waals surface area contributed by atoms with Gasteiger partial charge in [0, 0.05) is 31.9 Å². The summed E-state index contributed by atoms with van der Waals surface area (Å²) in [7, 11) is -3.72. The molecule has 0 saturated carbocycles. The number of morpholine rings is 2. The first-order valence-electron chi connectivity index (χ1n) is 12.5. The van der Waals surface area contributed by atoms with Crippen molar-refractivity contribution in [3.63, 3.8) is 0 Å². The van der Waals surface area contributed by atoms with Gasteiger partial charge in [-0.1, -0.05) is 35.2 Å². The number of amides is 1. The molecule has 2 aliphatic heterocycles. The van der Waals surface area contributed by atoms with Gasteiger partial charge in [-0.25, -0.2) is 8.42 Å². The van der Waals surface area contributed by atoms with Crippen molar-refractivity contribution in [2.75, 3.05) is 73.9 Å². The van der Waals surface area contributed by atoms with Crippen LogP contribution in [0.1, 0.15) is 5.56 Å². The summed E-state index contributed by atoms with van der Waals surface area (Å²) < 4.78 is 39.4. The van der Waals surface area contributed by atoms with E-state index in [0.717, 1.165) is 16.9 Å². The van der Waals surface area contributed by atoms with E-state index < -0.39 is 10.0 Å². The second-order valence-corrected chi connectivity index (χ2v) is 13.1. The molecule has 1 aromatic heterocycles. The Hall–Kier alpha value is -2.75. The minimum absolute atomic E-state index is 0.0993. The number of rotatable bonds is 9. The predicted octanol–water partition coefficient (Wildman–Crippen LogP) is 3.18. The minimum atomic E-state index is -3.72. The second-order valence-electron chi connectivity index (χ2n) is 9.00. The number of thioether (sulfide) groups is 1. The molecule has 11 nitrogen and oxygen atoms in total. The largest absolute Gasteiger partial charge is 0.379 e. The Bertz CT molecular complexity index is 1400. The maximum atomic E-state index is 13.3. The van der Waals surface area contributed by atoms with Crippen LogP contribution >= 0.6 is 23.1 Å². The van der Waals surface area contributed by atoms with Crippen LogP contribution in [-0.4, -0.2) is 87.2 Å². The Kier molecular flexibility index (Phi) is 8.99. The highest BCUT2D eigenvalue weighted by molar-refractivity contribution is 8.01. The Balaban J connectivity index is 1.28. The number of benzene rings is 2. The normalized spacial score (nSPS) is 16.7. The number of nitrogens with one attached hydrogen (secondary N) is 2. The zero-order chi connectivity index (χ0) is 27.2. The molecular weight excluding hydrogens is 561 g/mol. The van der Waals surface area contributed by atoms with E-state index in [1.807, 2.05) is 31.2 Å². The van der Waals surface area contributed by atoms with Gasteiger partial charge in [-0.15, -0.1) is 10.2 Å². The Labute approximate surface area is 235 Å². The van der Waals surface area contributed by atoms with Crippen molar-refractivity contribution in [2.24, 2.45) is 0 Å². The van der Waals surface area contributed by atoms with Gasteiger partial charge in [0.05, 0.1) is 48.5 Å². The van der Waals surface area contributed by atoms with Crippen molar-refractivity contribution >= 4 is 61.2 Å². The summed E-state index contributed by atoms with van der Waals surface area (Å²) in [4.78, 5) is 15.2. The van der Waals surface area contributed by atoms with E-state index in [0.29, 0.717) is 67.8 Å². The van der Waals surface area contributed by atoms with Crippen LogP contribution < -0.4 is 15.5 Å². The summed E-state index contributed by atoms with van der Waals surface area (Å²) in [6, 6.07) is 12.9. The highest BCUT2D eigenvalue weighted by Gasteiger charge is 2.28. The zero-order valence-electron chi connectivity index (χ0n) is 21.5. The fourth-order valence-electron chi connectivity index (χ4n) is 4.27. The van der Waals surface area contributed by atoms with Crippen LogP contribution in [0.4, 0.5) is 22.2 Å². The summed E-state index contributed by atoms with van der Waals surface area (Å²) in [5.41, 5.74) is 3.27. The molecule has 208 valence electrons. The van der Waals surface area contributed by atoms with E-state index in [2.05, 4.69) is 25.7 Å². The van der Waals surface area contributed by atoms with Gasteiger partial charge in [0.25, 0.3) is 0 Å². The summed E-state index contributed by atoms with van der Waals surface area (Å²) in [6.07, 6.45) is 0. The van der Waals surface area contributed by atoms with Crippen molar-refractivity contribution in [1.82, 2.24) is 14.5 Å². The lowest BCUT2D eigenvalue weighted by molar-refractivity contribution is -0.113. The third kappa shape index (κ3) is 7.07. The van der Waals surface area contributed by atoms with E-state index >= 15 is 0 Å². The fourth-order valence-corrected chi connectivity index (χ4v) is 7.28. The number of nitrogens with zero attached hydrogens (tertiary/aromatic N) is 4. The van der Waals surface area contributed by atoms with Crippen molar-refractivity contribution in [2.45, 2.75) is 16.2 Å². The van der Waals surface area contributed by atoms with E-state index in [-0.39, 0.29) is 16.6 Å². The molecule has 3 aromatic rings. The van der Waals surface area contributed by atoms with Gasteiger partial charge in [0.2, 0.25) is 21.1 Å². The Morgan fingerprint density at radius 3 is 2.51 bits per heavy atom. The highest BCUT2D eigenvalue weighted by atomic mass is 32.2. The lowest BCUT2D eigenvalue weighted by Gasteiger charge is -2.31. The van der Waals surface area contributed by atoms with E-state index in [1.165, 1.54) is 27.4 Å². The number of hydrogen-bond donors (Lipinski definition) is 2. The molecular formula is C25H30N6O5S3. The molecule has 39 heavy (non-hydrogen) atoms. The standard InChI is InChI=1S/C25H30N6O5S3/c1-18-3-2-4-19(15-18)26-24-28-29-25(38-24)37-17-23(32)27-21-16-20(39(33,34)31-9-13-36-14-10-31)5-6-22(21)30-7-11-35-12-8-30/h2-6,15-16H,7-14,17H2,1H3,(H,26,28)(H,27,32). The molecule has 0 spiro atoms. The predicted molar refractivity (Wildman–Crippen MR) is 153 cm³/mol. The number of carbonyl (C=O) groups excluding carboxylic acids is 1. The van der Waals surface area contributed by atoms with Crippen LogP contribution in [0, 0.1) is 6.92 Å². The van der Waals surface area contributed by atoms with Gasteiger partial charge in [0.15, 0.2) is 4.34 Å². The molecule has 0 radical (unpaired) electrons. The van der Waals surface area contributed by atoms with Crippen LogP contribution in [0.5, 0.6) is 0 Å². The van der Waals surface area contributed by atoms with Crippen molar-refractivity contribution in [3.05, 3.63) is 48.0 Å². The average molecular weight is 591 g/mol. The first kappa shape index (κ1) is 27.8. The number of ether oxygens (including phenoxy) is 2. The molecule has 2 saturated heterocycles. The number of carbonyl (C=O) groups is 1. The monoisotopic (exact) mass is 590 g/mol. The minimum Gasteiger partial charge on any atom is -0.379 e. The zero-order valence-corrected chi connectivity index (χ0v) is 23.9. The number of aromatic nitrogens is 2. The third-order valence-corrected chi connectivity index (χ3v) is 10.1. The van der Waals surface area contributed by atoms with Crippen molar-refractivity contribution in [3.8, 4) is 0 Å². The van der Waals surface area contributed by atoms with E-state index in [1.54, 1.807) is 18.2 Å². The van der Waals surface area contributed by atoms with Gasteiger partial charge in [-0.3, -0.25) is 4.79 Å². The quantitative estimate of drug-likeness (QED) is 0.359. The van der Waals surface area contributed by atoms with Crippen molar-refractivity contribution in [1.29, 1.82) is 0 Å². The fraction of sp³-hybridized carbons (Fsp3) is 0.400. The van der Waals surface area contributed by atoms with Gasteiger partial charge in [-0.05, 0) is 42.8 Å². The topological polar surface area (TPSA) is 126 Å². The molecule has 0 bridgehead atoms. The maximum absolute atomic E-state index is 13.3.